The van der Waals surface area contributed by atoms with Crippen LogP contribution in [0.5, 0.6) is 5.75 Å². The molecule has 1 aromatic rings. The third-order valence-corrected chi connectivity index (χ3v) is 2.12. The fraction of sp³-hybridized carbons (Fsp3) is 0.200. The van der Waals surface area contributed by atoms with E-state index in [1.54, 1.807) is 0 Å². The zero-order valence-electron chi connectivity index (χ0n) is 8.32. The van der Waals surface area contributed by atoms with Crippen molar-refractivity contribution in [2.45, 2.75) is 13.8 Å². The SMILES string of the molecule is CC(=O)N(C(C)=O)c1cc(O)ccc1Cl. The molecule has 5 heteroatoms. The maximum atomic E-state index is 11.2. The van der Waals surface area contributed by atoms with E-state index < -0.39 is 11.8 Å². The zero-order valence-corrected chi connectivity index (χ0v) is 9.08. The number of carbonyl (C=O) groups is 2. The maximum Gasteiger partial charge on any atom is 0.230 e. The van der Waals surface area contributed by atoms with E-state index in [-0.39, 0.29) is 16.5 Å². The number of amides is 2. The lowest BCUT2D eigenvalue weighted by Gasteiger charge is -2.18. The van der Waals surface area contributed by atoms with Crippen LogP contribution in [-0.2, 0) is 9.59 Å². The number of hydrogen-bond donors (Lipinski definition) is 1. The van der Waals surface area contributed by atoms with Crippen LogP contribution < -0.4 is 4.90 Å². The summed E-state index contributed by atoms with van der Waals surface area (Å²) in [6.45, 7) is 2.50. The van der Waals surface area contributed by atoms with Crippen molar-refractivity contribution in [3.05, 3.63) is 23.2 Å². The fourth-order valence-electron chi connectivity index (χ4n) is 1.23. The summed E-state index contributed by atoms with van der Waals surface area (Å²) in [6, 6.07) is 4.07. The van der Waals surface area contributed by atoms with Crippen molar-refractivity contribution in [3.63, 3.8) is 0 Å². The van der Waals surface area contributed by atoms with Crippen molar-refractivity contribution in [1.29, 1.82) is 0 Å². The average molecular weight is 228 g/mol. The molecule has 0 fully saturated rings. The number of phenols is 1. The summed E-state index contributed by atoms with van der Waals surface area (Å²) in [7, 11) is 0. The van der Waals surface area contributed by atoms with Gasteiger partial charge in [0.25, 0.3) is 0 Å². The number of carbonyl (C=O) groups excluding carboxylic acids is 2. The van der Waals surface area contributed by atoms with E-state index in [1.807, 2.05) is 0 Å². The molecule has 0 unspecified atom stereocenters. The topological polar surface area (TPSA) is 57.6 Å². The van der Waals surface area contributed by atoms with E-state index in [2.05, 4.69) is 0 Å². The average Bonchev–Trinajstić information content (AvgIpc) is 2.10. The molecule has 0 bridgehead atoms. The Hall–Kier alpha value is -1.55. The molecule has 0 aliphatic carbocycles. The molecular formula is C10H10ClNO3. The molecule has 4 nitrogen and oxygen atoms in total. The second-order valence-electron chi connectivity index (χ2n) is 3.01. The molecule has 1 N–H and O–H groups in total. The minimum Gasteiger partial charge on any atom is -0.508 e. The highest BCUT2D eigenvalue weighted by Gasteiger charge is 2.19. The number of rotatable bonds is 1. The van der Waals surface area contributed by atoms with Gasteiger partial charge in [0.05, 0.1) is 10.7 Å². The largest absolute Gasteiger partial charge is 0.508 e. The van der Waals surface area contributed by atoms with Gasteiger partial charge in [-0.1, -0.05) is 11.6 Å². The van der Waals surface area contributed by atoms with Crippen LogP contribution in [0.25, 0.3) is 0 Å². The first-order valence-electron chi connectivity index (χ1n) is 4.23. The lowest BCUT2D eigenvalue weighted by molar-refractivity contribution is -0.124. The Bertz CT molecular complexity index is 403. The Morgan fingerprint density at radius 1 is 1.27 bits per heavy atom. The number of nitrogens with zero attached hydrogens (tertiary/aromatic N) is 1. The Kier molecular flexibility index (Phi) is 3.31. The van der Waals surface area contributed by atoms with Crippen LogP contribution in [0.1, 0.15) is 13.8 Å². The highest BCUT2D eigenvalue weighted by Crippen LogP contribution is 2.29. The van der Waals surface area contributed by atoms with Gasteiger partial charge < -0.3 is 5.11 Å². The molecule has 0 radical (unpaired) electrons. The predicted molar refractivity (Wildman–Crippen MR) is 57.0 cm³/mol. The van der Waals surface area contributed by atoms with Crippen LogP contribution in [0.15, 0.2) is 18.2 Å². The van der Waals surface area contributed by atoms with Gasteiger partial charge in [0.1, 0.15) is 5.75 Å². The minimum atomic E-state index is -0.449. The first kappa shape index (κ1) is 11.5. The van der Waals surface area contributed by atoms with Crippen LogP contribution in [-0.4, -0.2) is 16.9 Å². The van der Waals surface area contributed by atoms with E-state index in [0.717, 1.165) is 4.90 Å². The number of phenolic OH excluding ortho intramolecular Hbond substituents is 1. The van der Waals surface area contributed by atoms with Gasteiger partial charge in [-0.15, -0.1) is 0 Å². The molecule has 0 spiro atoms. The van der Waals surface area contributed by atoms with Gasteiger partial charge >= 0.3 is 0 Å². The van der Waals surface area contributed by atoms with Gasteiger partial charge in [0.2, 0.25) is 11.8 Å². The van der Waals surface area contributed by atoms with E-state index in [0.29, 0.717) is 0 Å². The minimum absolute atomic E-state index is 0.0538. The quantitative estimate of drug-likeness (QED) is 0.798. The molecule has 0 aromatic heterocycles. The summed E-state index contributed by atoms with van der Waals surface area (Å²) < 4.78 is 0. The van der Waals surface area contributed by atoms with E-state index >= 15 is 0 Å². The number of imide groups is 1. The van der Waals surface area contributed by atoms with Gasteiger partial charge in [-0.25, -0.2) is 4.90 Å². The smallest absolute Gasteiger partial charge is 0.230 e. The van der Waals surface area contributed by atoms with Crippen molar-refractivity contribution in [3.8, 4) is 5.75 Å². The molecule has 2 amide bonds. The summed E-state index contributed by atoms with van der Waals surface area (Å²) in [6.07, 6.45) is 0. The van der Waals surface area contributed by atoms with Crippen LogP contribution in [0.3, 0.4) is 0 Å². The molecule has 0 saturated heterocycles. The Balaban J connectivity index is 3.28. The molecule has 80 valence electrons. The summed E-state index contributed by atoms with van der Waals surface area (Å²) in [5.41, 5.74) is 0.191. The van der Waals surface area contributed by atoms with Gasteiger partial charge in [-0.3, -0.25) is 9.59 Å². The standard InChI is InChI=1S/C10H10ClNO3/c1-6(13)12(7(2)14)10-5-8(15)3-4-9(10)11/h3-5,15H,1-2H3. The van der Waals surface area contributed by atoms with Crippen molar-refractivity contribution in [1.82, 2.24) is 0 Å². The molecule has 0 atom stereocenters. The summed E-state index contributed by atoms with van der Waals surface area (Å²) in [4.78, 5) is 23.3. The predicted octanol–water partition coefficient (Wildman–Crippen LogP) is 1.95. The van der Waals surface area contributed by atoms with Crippen molar-refractivity contribution in [2.75, 3.05) is 4.90 Å². The molecule has 1 aromatic carbocycles. The first-order chi connectivity index (χ1) is 6.93. The lowest BCUT2D eigenvalue weighted by atomic mass is 10.2. The lowest BCUT2D eigenvalue weighted by Crippen LogP contribution is -2.33. The molecule has 0 aliphatic rings. The van der Waals surface area contributed by atoms with Crippen LogP contribution in [0.2, 0.25) is 5.02 Å². The normalized spacial score (nSPS) is 9.80. The van der Waals surface area contributed by atoms with Crippen molar-refractivity contribution in [2.24, 2.45) is 0 Å². The number of benzene rings is 1. The van der Waals surface area contributed by atoms with Gasteiger partial charge in [0, 0.05) is 19.9 Å². The fourth-order valence-corrected chi connectivity index (χ4v) is 1.44. The van der Waals surface area contributed by atoms with Crippen LogP contribution in [0.4, 0.5) is 5.69 Å². The third-order valence-electron chi connectivity index (χ3n) is 1.80. The van der Waals surface area contributed by atoms with Crippen molar-refractivity contribution < 1.29 is 14.7 Å². The van der Waals surface area contributed by atoms with Crippen LogP contribution in [0, 0.1) is 0 Å². The molecule has 15 heavy (non-hydrogen) atoms. The third kappa shape index (κ3) is 2.47. The number of aromatic hydroxyl groups is 1. The highest BCUT2D eigenvalue weighted by molar-refractivity contribution is 6.35. The molecule has 0 heterocycles. The number of anilines is 1. The summed E-state index contributed by atoms with van der Waals surface area (Å²) in [5.74, 6) is -0.952. The summed E-state index contributed by atoms with van der Waals surface area (Å²) in [5, 5.41) is 9.48. The highest BCUT2D eigenvalue weighted by atomic mass is 35.5. The Morgan fingerprint density at radius 2 is 1.80 bits per heavy atom. The molecular weight excluding hydrogens is 218 g/mol. The Morgan fingerprint density at radius 3 is 2.27 bits per heavy atom. The summed E-state index contributed by atoms with van der Waals surface area (Å²) >= 11 is 5.82. The second kappa shape index (κ2) is 4.31. The molecule has 0 aliphatic heterocycles. The number of hydrogen-bond acceptors (Lipinski definition) is 3. The first-order valence-corrected chi connectivity index (χ1v) is 4.61. The number of halogens is 1. The van der Waals surface area contributed by atoms with E-state index in [4.69, 9.17) is 11.6 Å². The van der Waals surface area contributed by atoms with E-state index in [1.165, 1.54) is 32.0 Å². The maximum absolute atomic E-state index is 11.2. The van der Waals surface area contributed by atoms with Crippen LogP contribution >= 0.6 is 11.6 Å². The van der Waals surface area contributed by atoms with E-state index in [9.17, 15) is 14.7 Å². The molecule has 0 saturated carbocycles. The van der Waals surface area contributed by atoms with Gasteiger partial charge in [-0.2, -0.15) is 0 Å². The van der Waals surface area contributed by atoms with Gasteiger partial charge in [-0.05, 0) is 12.1 Å². The Labute approximate surface area is 92.1 Å². The zero-order chi connectivity index (χ0) is 11.6. The van der Waals surface area contributed by atoms with Gasteiger partial charge in [0.15, 0.2) is 0 Å². The molecule has 1 rings (SSSR count). The van der Waals surface area contributed by atoms with Crippen molar-refractivity contribution >= 4 is 29.1 Å². The second-order valence-corrected chi connectivity index (χ2v) is 3.42. The monoisotopic (exact) mass is 227 g/mol.